The van der Waals surface area contributed by atoms with Crippen LogP contribution in [0.5, 0.6) is 5.75 Å². The van der Waals surface area contributed by atoms with Gasteiger partial charge in [-0.3, -0.25) is 0 Å². The van der Waals surface area contributed by atoms with Gasteiger partial charge in [-0.2, -0.15) is 0 Å². The van der Waals surface area contributed by atoms with Gasteiger partial charge in [0.05, 0.1) is 13.4 Å². The van der Waals surface area contributed by atoms with Crippen LogP contribution in [0, 0.1) is 0 Å². The molecule has 1 heterocycles. The number of rotatable bonds is 7. The molecule has 1 N–H and O–H groups in total. The number of nitrogens with one attached hydrogen (secondary N) is 1. The number of nitrogens with zero attached hydrogens (tertiary/aromatic N) is 3. The van der Waals surface area contributed by atoms with Crippen molar-refractivity contribution in [3.8, 4) is 5.75 Å². The third-order valence-corrected chi connectivity index (χ3v) is 4.41. The molecule has 2 amide bonds. The van der Waals surface area contributed by atoms with Crippen molar-refractivity contribution in [1.29, 1.82) is 0 Å². The first kappa shape index (κ1) is 18.2. The number of hydrogen-bond donors (Lipinski definition) is 1. The first-order chi connectivity index (χ1) is 11.5. The van der Waals surface area contributed by atoms with Gasteiger partial charge in [-0.15, -0.1) is 11.8 Å². The van der Waals surface area contributed by atoms with E-state index in [1.807, 2.05) is 42.1 Å². The molecule has 7 heteroatoms. The summed E-state index contributed by atoms with van der Waals surface area (Å²) in [5.41, 5.74) is 1.03. The summed E-state index contributed by atoms with van der Waals surface area (Å²) in [4.78, 5) is 19.1. The monoisotopic (exact) mass is 348 g/mol. The van der Waals surface area contributed by atoms with E-state index >= 15 is 0 Å². The van der Waals surface area contributed by atoms with Crippen molar-refractivity contribution in [2.45, 2.75) is 31.0 Å². The molecule has 0 radical (unpaired) electrons. The first-order valence-corrected chi connectivity index (χ1v) is 8.94. The molecule has 1 aromatic heterocycles. The molecule has 1 unspecified atom stereocenters. The van der Waals surface area contributed by atoms with E-state index in [9.17, 15) is 4.79 Å². The van der Waals surface area contributed by atoms with E-state index < -0.39 is 0 Å². The molecule has 1 aromatic carbocycles. The van der Waals surface area contributed by atoms with Crippen LogP contribution in [0.1, 0.15) is 12.5 Å². The van der Waals surface area contributed by atoms with E-state index in [-0.39, 0.29) is 12.1 Å². The summed E-state index contributed by atoms with van der Waals surface area (Å²) in [6.07, 6.45) is 7.36. The predicted octanol–water partition coefficient (Wildman–Crippen LogP) is 2.84. The lowest BCUT2D eigenvalue weighted by Gasteiger charge is -2.22. The Morgan fingerprint density at radius 1 is 1.50 bits per heavy atom. The predicted molar refractivity (Wildman–Crippen MR) is 96.5 cm³/mol. The SMILES string of the molecule is COc1cc(CN(C)C(=O)NC(C)Cn2ccnc2)ccc1SC. The molecule has 2 rings (SSSR count). The smallest absolute Gasteiger partial charge is 0.317 e. The highest BCUT2D eigenvalue weighted by Crippen LogP contribution is 2.28. The highest BCUT2D eigenvalue weighted by atomic mass is 32.2. The van der Waals surface area contributed by atoms with Crippen molar-refractivity contribution in [1.82, 2.24) is 19.8 Å². The molecule has 6 nitrogen and oxygen atoms in total. The molecule has 0 aliphatic carbocycles. The molecule has 0 bridgehead atoms. The van der Waals surface area contributed by atoms with Gasteiger partial charge < -0.3 is 19.5 Å². The number of thioether (sulfide) groups is 1. The van der Waals surface area contributed by atoms with Crippen LogP contribution in [0.2, 0.25) is 0 Å². The molecule has 0 saturated heterocycles. The quantitative estimate of drug-likeness (QED) is 0.782. The summed E-state index contributed by atoms with van der Waals surface area (Å²) in [6.45, 7) is 3.19. The van der Waals surface area contributed by atoms with Gasteiger partial charge in [0, 0.05) is 43.5 Å². The van der Waals surface area contributed by atoms with Crippen molar-refractivity contribution >= 4 is 17.8 Å². The minimum Gasteiger partial charge on any atom is -0.496 e. The highest BCUT2D eigenvalue weighted by Gasteiger charge is 2.13. The van der Waals surface area contributed by atoms with Gasteiger partial charge in [0.25, 0.3) is 0 Å². The Morgan fingerprint density at radius 3 is 2.92 bits per heavy atom. The van der Waals surface area contributed by atoms with E-state index in [2.05, 4.69) is 10.3 Å². The molecule has 130 valence electrons. The van der Waals surface area contributed by atoms with Gasteiger partial charge in [-0.05, 0) is 30.9 Å². The standard InChI is InChI=1S/C17H24N4O2S/c1-13(10-21-8-7-18-12-21)19-17(22)20(2)11-14-5-6-16(24-4)15(9-14)23-3/h5-9,12-13H,10-11H2,1-4H3,(H,19,22). The highest BCUT2D eigenvalue weighted by molar-refractivity contribution is 7.98. The van der Waals surface area contributed by atoms with E-state index in [0.29, 0.717) is 13.1 Å². The molecule has 0 spiro atoms. The lowest BCUT2D eigenvalue weighted by atomic mass is 10.2. The maximum Gasteiger partial charge on any atom is 0.317 e. The Bertz CT molecular complexity index is 661. The van der Waals surface area contributed by atoms with Crippen molar-refractivity contribution < 1.29 is 9.53 Å². The van der Waals surface area contributed by atoms with Crippen molar-refractivity contribution in [3.63, 3.8) is 0 Å². The van der Waals surface area contributed by atoms with Crippen LogP contribution in [-0.4, -0.2) is 46.9 Å². The lowest BCUT2D eigenvalue weighted by molar-refractivity contribution is 0.202. The van der Waals surface area contributed by atoms with Crippen LogP contribution in [0.4, 0.5) is 4.79 Å². The number of urea groups is 1. The molecule has 0 aliphatic heterocycles. The Kier molecular flexibility index (Phi) is 6.54. The number of imidazole rings is 1. The number of ether oxygens (including phenoxy) is 1. The van der Waals surface area contributed by atoms with Crippen molar-refractivity contribution in [3.05, 3.63) is 42.5 Å². The summed E-state index contributed by atoms with van der Waals surface area (Å²) < 4.78 is 7.34. The fraction of sp³-hybridized carbons (Fsp3) is 0.412. The second-order valence-electron chi connectivity index (χ2n) is 5.66. The maximum atomic E-state index is 12.3. The van der Waals surface area contributed by atoms with Gasteiger partial charge in [-0.25, -0.2) is 9.78 Å². The average Bonchev–Trinajstić information content (AvgIpc) is 3.07. The molecule has 0 fully saturated rings. The van der Waals surface area contributed by atoms with Crippen LogP contribution in [-0.2, 0) is 13.1 Å². The van der Waals surface area contributed by atoms with E-state index in [1.54, 1.807) is 43.3 Å². The first-order valence-electron chi connectivity index (χ1n) is 7.71. The number of aromatic nitrogens is 2. The average molecular weight is 348 g/mol. The zero-order valence-corrected chi connectivity index (χ0v) is 15.3. The fourth-order valence-electron chi connectivity index (χ4n) is 2.40. The third-order valence-electron chi connectivity index (χ3n) is 3.63. The maximum absolute atomic E-state index is 12.3. The molecule has 1 atom stereocenters. The molecular formula is C17H24N4O2S. The van der Waals surface area contributed by atoms with Crippen LogP contribution < -0.4 is 10.1 Å². The number of amides is 2. The van der Waals surface area contributed by atoms with Gasteiger partial charge in [0.15, 0.2) is 0 Å². The van der Waals surface area contributed by atoms with Gasteiger partial charge in [0.2, 0.25) is 0 Å². The largest absolute Gasteiger partial charge is 0.496 e. The second kappa shape index (κ2) is 8.63. The Labute approximate surface area is 147 Å². The number of carbonyl (C=O) groups is 1. The van der Waals surface area contributed by atoms with Crippen LogP contribution >= 0.6 is 11.8 Å². The number of benzene rings is 1. The molecule has 24 heavy (non-hydrogen) atoms. The lowest BCUT2D eigenvalue weighted by Crippen LogP contribution is -2.43. The van der Waals surface area contributed by atoms with Crippen LogP contribution in [0.25, 0.3) is 0 Å². The van der Waals surface area contributed by atoms with Gasteiger partial charge >= 0.3 is 6.03 Å². The second-order valence-corrected chi connectivity index (χ2v) is 6.50. The van der Waals surface area contributed by atoms with Crippen LogP contribution in [0.3, 0.4) is 0 Å². The fourth-order valence-corrected chi connectivity index (χ4v) is 2.95. The topological polar surface area (TPSA) is 59.4 Å². The Hall–Kier alpha value is -2.15. The van der Waals surface area contributed by atoms with E-state index in [0.717, 1.165) is 16.2 Å². The van der Waals surface area contributed by atoms with Crippen molar-refractivity contribution in [2.75, 3.05) is 20.4 Å². The number of carbonyl (C=O) groups excluding carboxylic acids is 1. The number of methoxy groups -OCH3 is 1. The summed E-state index contributed by atoms with van der Waals surface area (Å²) in [5.74, 6) is 0.835. The minimum atomic E-state index is -0.101. The summed E-state index contributed by atoms with van der Waals surface area (Å²) in [5, 5.41) is 2.99. The molecule has 0 aliphatic rings. The normalized spacial score (nSPS) is 11.8. The summed E-state index contributed by atoms with van der Waals surface area (Å²) in [6, 6.07) is 5.93. The van der Waals surface area contributed by atoms with Gasteiger partial charge in [0.1, 0.15) is 5.75 Å². The van der Waals surface area contributed by atoms with Crippen molar-refractivity contribution in [2.24, 2.45) is 0 Å². The molecule has 0 saturated carbocycles. The number of hydrogen-bond acceptors (Lipinski definition) is 4. The van der Waals surface area contributed by atoms with E-state index in [4.69, 9.17) is 4.74 Å². The minimum absolute atomic E-state index is 0.0163. The summed E-state index contributed by atoms with van der Waals surface area (Å²) in [7, 11) is 3.45. The molecular weight excluding hydrogens is 324 g/mol. The zero-order chi connectivity index (χ0) is 17.5. The molecule has 2 aromatic rings. The third kappa shape index (κ3) is 4.92. The van der Waals surface area contributed by atoms with E-state index in [1.165, 1.54) is 0 Å². The Balaban J connectivity index is 1.91. The Morgan fingerprint density at radius 2 is 2.29 bits per heavy atom. The van der Waals surface area contributed by atoms with Gasteiger partial charge in [-0.1, -0.05) is 6.07 Å². The summed E-state index contributed by atoms with van der Waals surface area (Å²) >= 11 is 1.64. The zero-order valence-electron chi connectivity index (χ0n) is 14.5. The van der Waals surface area contributed by atoms with Crippen LogP contribution in [0.15, 0.2) is 41.8 Å².